The Labute approximate surface area is 219 Å². The Hall–Kier alpha value is -3.34. The molecule has 0 spiro atoms. The minimum absolute atomic E-state index is 0.133. The summed E-state index contributed by atoms with van der Waals surface area (Å²) in [6.45, 7) is 7.08. The molecule has 0 bridgehead atoms. The summed E-state index contributed by atoms with van der Waals surface area (Å²) in [5.41, 5.74) is 6.64. The molecule has 2 nitrogen and oxygen atoms in total. The van der Waals surface area contributed by atoms with Gasteiger partial charge in [0.1, 0.15) is 11.6 Å². The van der Waals surface area contributed by atoms with Crippen LogP contribution < -0.4 is 0 Å². The van der Waals surface area contributed by atoms with Gasteiger partial charge in [0.25, 0.3) is 0 Å². The van der Waals surface area contributed by atoms with Crippen molar-refractivity contribution in [2.24, 2.45) is 0 Å². The van der Waals surface area contributed by atoms with Crippen molar-refractivity contribution in [3.05, 3.63) is 142 Å². The van der Waals surface area contributed by atoms with Crippen molar-refractivity contribution in [2.75, 3.05) is 13.2 Å². The van der Waals surface area contributed by atoms with Crippen LogP contribution in [0, 0.1) is 25.5 Å². The lowest BCUT2D eigenvalue weighted by Crippen LogP contribution is -2.30. The molecule has 0 saturated carbocycles. The first-order valence-corrected chi connectivity index (χ1v) is 12.9. The number of aryl methyl sites for hydroxylation is 3. The van der Waals surface area contributed by atoms with E-state index in [2.05, 4.69) is 85.5 Å². The summed E-state index contributed by atoms with van der Waals surface area (Å²) in [7, 11) is 0. The number of hydrogen-bond donors (Lipinski definition) is 0. The highest BCUT2D eigenvalue weighted by molar-refractivity contribution is 5.36. The Morgan fingerprint density at radius 1 is 0.730 bits per heavy atom. The fourth-order valence-electron chi connectivity index (χ4n) is 4.88. The summed E-state index contributed by atoms with van der Waals surface area (Å²) < 4.78 is 33.9. The van der Waals surface area contributed by atoms with Gasteiger partial charge < -0.3 is 4.74 Å². The molecular weight excluding hydrogens is 464 g/mol. The molecule has 4 heteroatoms. The van der Waals surface area contributed by atoms with Gasteiger partial charge in [-0.25, -0.2) is 8.78 Å². The highest BCUT2D eigenvalue weighted by Gasteiger charge is 2.21. The molecule has 0 aliphatic carbocycles. The van der Waals surface area contributed by atoms with Gasteiger partial charge in [-0.3, -0.25) is 4.90 Å². The van der Waals surface area contributed by atoms with Crippen LogP contribution >= 0.6 is 0 Å². The van der Waals surface area contributed by atoms with Gasteiger partial charge in [-0.15, -0.1) is 0 Å². The normalized spacial score (nSPS) is 12.1. The van der Waals surface area contributed by atoms with E-state index in [1.54, 1.807) is 0 Å². The molecule has 0 radical (unpaired) electrons. The second-order valence-electron chi connectivity index (χ2n) is 9.65. The van der Waals surface area contributed by atoms with Gasteiger partial charge in [0, 0.05) is 32.3 Å². The van der Waals surface area contributed by atoms with E-state index in [0.717, 1.165) is 25.7 Å². The topological polar surface area (TPSA) is 12.5 Å². The molecule has 4 aromatic carbocycles. The Morgan fingerprint density at radius 2 is 1.32 bits per heavy atom. The molecule has 0 aromatic heterocycles. The van der Waals surface area contributed by atoms with Crippen molar-refractivity contribution in [1.82, 2.24) is 4.90 Å². The molecule has 0 fully saturated rings. The maximum Gasteiger partial charge on any atom is 0.129 e. The fourth-order valence-corrected chi connectivity index (χ4v) is 4.88. The van der Waals surface area contributed by atoms with Crippen LogP contribution in [-0.2, 0) is 24.2 Å². The van der Waals surface area contributed by atoms with Crippen molar-refractivity contribution >= 4 is 0 Å². The quantitative estimate of drug-likeness (QED) is 0.183. The van der Waals surface area contributed by atoms with Crippen LogP contribution in [0.4, 0.5) is 8.78 Å². The predicted octanol–water partition coefficient (Wildman–Crippen LogP) is 7.97. The largest absolute Gasteiger partial charge is 0.372 e. The van der Waals surface area contributed by atoms with Crippen molar-refractivity contribution in [3.8, 4) is 0 Å². The average molecular weight is 500 g/mol. The molecule has 0 N–H and O–H groups in total. The van der Waals surface area contributed by atoms with Gasteiger partial charge in [-0.1, -0.05) is 84.9 Å². The predicted molar refractivity (Wildman–Crippen MR) is 146 cm³/mol. The zero-order chi connectivity index (χ0) is 26.0. The van der Waals surface area contributed by atoms with E-state index in [1.807, 2.05) is 12.1 Å². The van der Waals surface area contributed by atoms with E-state index in [9.17, 15) is 8.78 Å². The van der Waals surface area contributed by atoms with E-state index < -0.39 is 11.6 Å². The lowest BCUT2D eigenvalue weighted by atomic mass is 9.97. The standard InChI is InChI=1S/C33H35F2NO/c1-25-11-9-12-26(2)33(25)32(37-20-10-17-29-18-19-30(34)21-31(29)35)24-36(22-27-13-5-3-6-14-27)23-28-15-7-4-8-16-28/h3-9,11-16,18-19,21,32H,10,17,20,22-24H2,1-2H3. The van der Waals surface area contributed by atoms with Gasteiger partial charge in [0.15, 0.2) is 0 Å². The first kappa shape index (κ1) is 26.7. The molecule has 1 unspecified atom stereocenters. The molecule has 37 heavy (non-hydrogen) atoms. The molecule has 0 aliphatic heterocycles. The van der Waals surface area contributed by atoms with E-state index in [4.69, 9.17) is 4.74 Å². The number of halogens is 2. The Kier molecular flexibility index (Phi) is 9.58. The van der Waals surface area contributed by atoms with Gasteiger partial charge in [0.05, 0.1) is 6.10 Å². The molecule has 0 amide bonds. The van der Waals surface area contributed by atoms with Crippen molar-refractivity contribution < 1.29 is 13.5 Å². The Morgan fingerprint density at radius 3 is 1.89 bits per heavy atom. The van der Waals surface area contributed by atoms with Gasteiger partial charge in [0.2, 0.25) is 0 Å². The summed E-state index contributed by atoms with van der Waals surface area (Å²) in [6.07, 6.45) is 1.02. The van der Waals surface area contributed by atoms with Gasteiger partial charge in [-0.05, 0) is 66.1 Å². The monoisotopic (exact) mass is 499 g/mol. The first-order chi connectivity index (χ1) is 18.0. The summed E-state index contributed by atoms with van der Waals surface area (Å²) in [6, 6.07) is 31.1. The smallest absolute Gasteiger partial charge is 0.129 e. The van der Waals surface area contributed by atoms with E-state index in [-0.39, 0.29) is 6.10 Å². The molecule has 0 saturated heterocycles. The number of rotatable bonds is 12. The van der Waals surface area contributed by atoms with Crippen molar-refractivity contribution in [2.45, 2.75) is 45.9 Å². The minimum Gasteiger partial charge on any atom is -0.372 e. The molecule has 192 valence electrons. The van der Waals surface area contributed by atoms with Crippen LogP contribution in [0.1, 0.15) is 45.9 Å². The second kappa shape index (κ2) is 13.3. The molecule has 0 aliphatic rings. The van der Waals surface area contributed by atoms with Crippen LogP contribution in [0.3, 0.4) is 0 Å². The summed E-state index contributed by atoms with van der Waals surface area (Å²) in [4.78, 5) is 2.43. The van der Waals surface area contributed by atoms with Crippen LogP contribution in [-0.4, -0.2) is 18.1 Å². The summed E-state index contributed by atoms with van der Waals surface area (Å²) >= 11 is 0. The SMILES string of the molecule is Cc1cccc(C)c1C(CN(Cc1ccccc1)Cc1ccccc1)OCCCc1ccc(F)cc1F. The molecule has 4 rings (SSSR count). The lowest BCUT2D eigenvalue weighted by molar-refractivity contribution is 0.0189. The number of benzene rings is 4. The van der Waals surface area contributed by atoms with Crippen LogP contribution in [0.15, 0.2) is 97.1 Å². The third-order valence-electron chi connectivity index (χ3n) is 6.71. The van der Waals surface area contributed by atoms with E-state index in [0.29, 0.717) is 25.0 Å². The van der Waals surface area contributed by atoms with E-state index >= 15 is 0 Å². The van der Waals surface area contributed by atoms with Crippen LogP contribution in [0.5, 0.6) is 0 Å². The average Bonchev–Trinajstić information content (AvgIpc) is 2.88. The Bertz CT molecular complexity index is 1200. The Balaban J connectivity index is 1.52. The highest BCUT2D eigenvalue weighted by Crippen LogP contribution is 2.28. The second-order valence-corrected chi connectivity index (χ2v) is 9.65. The number of nitrogens with zero attached hydrogens (tertiary/aromatic N) is 1. The summed E-state index contributed by atoms with van der Waals surface area (Å²) in [5, 5.41) is 0. The van der Waals surface area contributed by atoms with Crippen LogP contribution in [0.25, 0.3) is 0 Å². The maximum absolute atomic E-state index is 14.1. The van der Waals surface area contributed by atoms with Crippen molar-refractivity contribution in [1.29, 1.82) is 0 Å². The third-order valence-corrected chi connectivity index (χ3v) is 6.71. The lowest BCUT2D eigenvalue weighted by Gasteiger charge is -2.30. The van der Waals surface area contributed by atoms with Crippen LogP contribution in [0.2, 0.25) is 0 Å². The minimum atomic E-state index is -0.551. The molecule has 0 heterocycles. The van der Waals surface area contributed by atoms with Crippen molar-refractivity contribution in [3.63, 3.8) is 0 Å². The molecular formula is C33H35F2NO. The number of hydrogen-bond acceptors (Lipinski definition) is 2. The fraction of sp³-hybridized carbons (Fsp3) is 0.273. The van der Waals surface area contributed by atoms with E-state index in [1.165, 1.54) is 39.9 Å². The number of ether oxygens (including phenoxy) is 1. The zero-order valence-corrected chi connectivity index (χ0v) is 21.7. The molecule has 4 aromatic rings. The van der Waals surface area contributed by atoms with Gasteiger partial charge >= 0.3 is 0 Å². The third kappa shape index (κ3) is 7.82. The zero-order valence-electron chi connectivity index (χ0n) is 21.7. The van der Waals surface area contributed by atoms with Gasteiger partial charge in [-0.2, -0.15) is 0 Å². The first-order valence-electron chi connectivity index (χ1n) is 12.9. The highest BCUT2D eigenvalue weighted by atomic mass is 19.1. The maximum atomic E-state index is 14.1. The summed E-state index contributed by atoms with van der Waals surface area (Å²) in [5.74, 6) is -1.05. The molecule has 1 atom stereocenters.